The van der Waals surface area contributed by atoms with Gasteiger partial charge in [0.25, 0.3) is 5.69 Å². The minimum atomic E-state index is -4.82. The first-order chi connectivity index (χ1) is 7.64. The molecule has 0 fully saturated rings. The molecule has 4 nitrogen and oxygen atoms in total. The van der Waals surface area contributed by atoms with E-state index in [-0.39, 0.29) is 4.47 Å². The number of carbonyl (C=O) groups is 1. The Balaban J connectivity index is 3.70. The molecule has 0 aliphatic heterocycles. The van der Waals surface area contributed by atoms with Crippen molar-refractivity contribution in [3.05, 3.63) is 37.8 Å². The fraction of sp³-hybridized carbons (Fsp3) is 0.222. The summed E-state index contributed by atoms with van der Waals surface area (Å²) in [5, 5.41) is 10.6. The van der Waals surface area contributed by atoms with Gasteiger partial charge in [0.15, 0.2) is 5.78 Å². The van der Waals surface area contributed by atoms with Crippen LogP contribution >= 0.6 is 15.9 Å². The second-order valence-corrected chi connectivity index (χ2v) is 4.07. The van der Waals surface area contributed by atoms with Crippen molar-refractivity contribution < 1.29 is 22.9 Å². The van der Waals surface area contributed by atoms with Gasteiger partial charge in [-0.2, -0.15) is 13.2 Å². The molecule has 8 heteroatoms. The van der Waals surface area contributed by atoms with Crippen LogP contribution in [-0.2, 0) is 6.18 Å². The number of Topliss-reactive ketones (excluding diaryl/α,β-unsaturated/α-hetero) is 1. The van der Waals surface area contributed by atoms with Gasteiger partial charge in [-0.05, 0) is 13.0 Å². The molecule has 0 aliphatic rings. The molecule has 0 atom stereocenters. The lowest BCUT2D eigenvalue weighted by atomic mass is 10.0. The maximum absolute atomic E-state index is 12.6. The second kappa shape index (κ2) is 4.44. The molecule has 0 N–H and O–H groups in total. The van der Waals surface area contributed by atoms with Crippen LogP contribution in [0.4, 0.5) is 18.9 Å². The number of benzene rings is 1. The zero-order valence-corrected chi connectivity index (χ0v) is 9.92. The molecule has 1 aromatic rings. The van der Waals surface area contributed by atoms with Crippen LogP contribution in [0, 0.1) is 10.1 Å². The van der Waals surface area contributed by atoms with E-state index in [1.165, 1.54) is 0 Å². The molecule has 1 aromatic carbocycles. The van der Waals surface area contributed by atoms with Crippen LogP contribution in [-0.4, -0.2) is 10.7 Å². The number of alkyl halides is 3. The smallest absolute Gasteiger partial charge is 0.294 e. The molecular formula is C9H5BrF3NO3. The zero-order chi connectivity index (χ0) is 13.4. The number of nitro groups is 1. The van der Waals surface area contributed by atoms with Crippen molar-refractivity contribution >= 4 is 27.4 Å². The van der Waals surface area contributed by atoms with E-state index in [9.17, 15) is 28.1 Å². The van der Waals surface area contributed by atoms with Crippen LogP contribution in [0.3, 0.4) is 0 Å². The quantitative estimate of drug-likeness (QED) is 0.476. The lowest BCUT2D eigenvalue weighted by molar-refractivity contribution is -0.385. The normalized spacial score (nSPS) is 11.4. The molecule has 0 radical (unpaired) electrons. The van der Waals surface area contributed by atoms with Crippen LogP contribution in [0.1, 0.15) is 22.8 Å². The topological polar surface area (TPSA) is 60.2 Å². The van der Waals surface area contributed by atoms with Crippen molar-refractivity contribution in [3.63, 3.8) is 0 Å². The Morgan fingerprint density at radius 1 is 1.41 bits per heavy atom. The molecule has 0 amide bonds. The Labute approximate surface area is 102 Å². The third kappa shape index (κ3) is 2.82. The van der Waals surface area contributed by atoms with E-state index in [1.807, 2.05) is 0 Å². The highest BCUT2D eigenvalue weighted by molar-refractivity contribution is 9.10. The minimum Gasteiger partial charge on any atom is -0.294 e. The molecule has 92 valence electrons. The van der Waals surface area contributed by atoms with E-state index in [0.717, 1.165) is 13.0 Å². The number of hydrogen-bond acceptors (Lipinski definition) is 3. The van der Waals surface area contributed by atoms with Gasteiger partial charge in [-0.15, -0.1) is 0 Å². The van der Waals surface area contributed by atoms with Gasteiger partial charge in [0.05, 0.1) is 10.5 Å². The van der Waals surface area contributed by atoms with Crippen molar-refractivity contribution in [2.45, 2.75) is 13.1 Å². The summed E-state index contributed by atoms with van der Waals surface area (Å²) >= 11 is 2.74. The van der Waals surface area contributed by atoms with Crippen molar-refractivity contribution in [1.82, 2.24) is 0 Å². The van der Waals surface area contributed by atoms with Crippen LogP contribution < -0.4 is 0 Å². The van der Waals surface area contributed by atoms with Crippen molar-refractivity contribution in [1.29, 1.82) is 0 Å². The van der Waals surface area contributed by atoms with Crippen molar-refractivity contribution in [2.24, 2.45) is 0 Å². The van der Waals surface area contributed by atoms with Gasteiger partial charge >= 0.3 is 6.18 Å². The molecule has 1 rings (SSSR count). The first kappa shape index (κ1) is 13.6. The average molecular weight is 312 g/mol. The summed E-state index contributed by atoms with van der Waals surface area (Å²) in [4.78, 5) is 20.7. The van der Waals surface area contributed by atoms with Crippen molar-refractivity contribution in [3.8, 4) is 0 Å². The number of ketones is 1. The van der Waals surface area contributed by atoms with Gasteiger partial charge in [-0.25, -0.2) is 0 Å². The summed E-state index contributed by atoms with van der Waals surface area (Å²) in [6.45, 7) is 0.853. The highest BCUT2D eigenvalue weighted by Crippen LogP contribution is 2.38. The summed E-state index contributed by atoms with van der Waals surface area (Å²) in [6, 6.07) is 1.51. The average Bonchev–Trinajstić information content (AvgIpc) is 2.14. The second-order valence-electron chi connectivity index (χ2n) is 3.16. The summed E-state index contributed by atoms with van der Waals surface area (Å²) in [7, 11) is 0. The monoisotopic (exact) mass is 311 g/mol. The molecule has 0 saturated carbocycles. The number of nitro benzene ring substituents is 1. The summed E-state index contributed by atoms with van der Waals surface area (Å²) < 4.78 is 37.8. The van der Waals surface area contributed by atoms with Gasteiger partial charge in [0, 0.05) is 10.5 Å². The number of rotatable bonds is 2. The minimum absolute atomic E-state index is 0.110. The van der Waals surface area contributed by atoms with Crippen LogP contribution in [0.15, 0.2) is 16.6 Å². The van der Waals surface area contributed by atoms with Crippen LogP contribution in [0.25, 0.3) is 0 Å². The van der Waals surface area contributed by atoms with E-state index in [4.69, 9.17) is 0 Å². The van der Waals surface area contributed by atoms with Crippen LogP contribution in [0.5, 0.6) is 0 Å². The summed E-state index contributed by atoms with van der Waals surface area (Å²) in [5.74, 6) is -1.00. The molecule has 0 aliphatic carbocycles. The molecule has 0 saturated heterocycles. The van der Waals surface area contributed by atoms with Crippen LogP contribution in [0.2, 0.25) is 0 Å². The summed E-state index contributed by atoms with van der Waals surface area (Å²) in [5.41, 5.74) is -3.10. The Hall–Kier alpha value is -1.44. The first-order valence-electron chi connectivity index (χ1n) is 4.20. The van der Waals surface area contributed by atoms with E-state index in [1.54, 1.807) is 0 Å². The van der Waals surface area contributed by atoms with Gasteiger partial charge in [-0.1, -0.05) is 15.9 Å². The molecule has 0 bridgehead atoms. The number of halogens is 4. The predicted molar refractivity (Wildman–Crippen MR) is 55.8 cm³/mol. The first-order valence-corrected chi connectivity index (χ1v) is 5.00. The zero-order valence-electron chi connectivity index (χ0n) is 8.34. The Kier molecular flexibility index (Phi) is 3.56. The standard InChI is InChI=1S/C9H5BrF3NO3/c1-4(15)8-6(9(11,12)13)2-5(10)3-7(8)14(16)17/h2-3H,1H3. The highest BCUT2D eigenvalue weighted by Gasteiger charge is 2.38. The Morgan fingerprint density at radius 2 is 1.94 bits per heavy atom. The van der Waals surface area contributed by atoms with Crippen molar-refractivity contribution in [2.75, 3.05) is 0 Å². The Bertz CT molecular complexity index is 499. The highest BCUT2D eigenvalue weighted by atomic mass is 79.9. The van der Waals surface area contributed by atoms with Gasteiger partial charge in [0.2, 0.25) is 0 Å². The molecule has 0 unspecified atom stereocenters. The molecule has 17 heavy (non-hydrogen) atoms. The molecular weight excluding hydrogens is 307 g/mol. The fourth-order valence-corrected chi connectivity index (χ4v) is 1.78. The molecule has 0 aromatic heterocycles. The van der Waals surface area contributed by atoms with E-state index in [0.29, 0.717) is 6.07 Å². The van der Waals surface area contributed by atoms with Gasteiger partial charge in [0.1, 0.15) is 5.56 Å². The summed E-state index contributed by atoms with van der Waals surface area (Å²) in [6.07, 6.45) is -4.82. The maximum Gasteiger partial charge on any atom is 0.417 e. The lowest BCUT2D eigenvalue weighted by Gasteiger charge is -2.11. The third-order valence-corrected chi connectivity index (χ3v) is 2.39. The number of carbonyl (C=O) groups excluding carboxylic acids is 1. The number of nitrogens with zero attached hydrogens (tertiary/aromatic N) is 1. The third-order valence-electron chi connectivity index (χ3n) is 1.94. The predicted octanol–water partition coefficient (Wildman–Crippen LogP) is 3.58. The molecule has 0 heterocycles. The maximum atomic E-state index is 12.6. The Morgan fingerprint density at radius 3 is 2.29 bits per heavy atom. The molecule has 0 spiro atoms. The SMILES string of the molecule is CC(=O)c1c([N+](=O)[O-])cc(Br)cc1C(F)(F)F. The fourth-order valence-electron chi connectivity index (χ4n) is 1.33. The van der Waals surface area contributed by atoms with E-state index >= 15 is 0 Å². The van der Waals surface area contributed by atoms with Gasteiger partial charge < -0.3 is 0 Å². The van der Waals surface area contributed by atoms with Gasteiger partial charge in [-0.3, -0.25) is 14.9 Å². The largest absolute Gasteiger partial charge is 0.417 e. The number of hydrogen-bond donors (Lipinski definition) is 0. The lowest BCUT2D eigenvalue weighted by Crippen LogP contribution is -2.14. The van der Waals surface area contributed by atoms with E-state index < -0.39 is 33.7 Å². The van der Waals surface area contributed by atoms with E-state index in [2.05, 4.69) is 15.9 Å².